The Kier molecular flexibility index (Phi) is 7.63. The molecule has 0 atom stereocenters. The van der Waals surface area contributed by atoms with Crippen LogP contribution in [0.5, 0.6) is 5.75 Å². The zero-order valence-electron chi connectivity index (χ0n) is 14.3. The summed E-state index contributed by atoms with van der Waals surface area (Å²) in [5, 5.41) is 3.72. The Labute approximate surface area is 166 Å². The van der Waals surface area contributed by atoms with E-state index in [1.165, 1.54) is 16.7 Å². The van der Waals surface area contributed by atoms with Gasteiger partial charge in [0.15, 0.2) is 0 Å². The quantitative estimate of drug-likeness (QED) is 0.692. The SMILES string of the molecule is COc1cccc(NC(=O)CN(C)C(=O)CSc2c(Cl)cccc2Cl)c1. The monoisotopic (exact) mass is 412 g/mol. The van der Waals surface area contributed by atoms with E-state index >= 15 is 0 Å². The molecule has 0 aliphatic rings. The molecule has 138 valence electrons. The van der Waals surface area contributed by atoms with Crippen LogP contribution in [0.2, 0.25) is 10.0 Å². The maximum atomic E-state index is 12.2. The van der Waals surface area contributed by atoms with E-state index in [1.807, 2.05) is 0 Å². The van der Waals surface area contributed by atoms with Crippen LogP contribution in [0.25, 0.3) is 0 Å². The van der Waals surface area contributed by atoms with E-state index in [-0.39, 0.29) is 24.1 Å². The van der Waals surface area contributed by atoms with Crippen LogP contribution in [0.1, 0.15) is 0 Å². The molecular weight excluding hydrogens is 395 g/mol. The van der Waals surface area contributed by atoms with Gasteiger partial charge in [-0.2, -0.15) is 0 Å². The number of thioether (sulfide) groups is 1. The van der Waals surface area contributed by atoms with Crippen molar-refractivity contribution in [3.05, 3.63) is 52.5 Å². The Morgan fingerprint density at radius 1 is 1.15 bits per heavy atom. The number of anilines is 1. The van der Waals surface area contributed by atoms with Crippen molar-refractivity contribution in [2.45, 2.75) is 4.90 Å². The highest BCUT2D eigenvalue weighted by Crippen LogP contribution is 2.33. The molecule has 0 aliphatic carbocycles. The topological polar surface area (TPSA) is 58.6 Å². The Bertz CT molecular complexity index is 782. The lowest BCUT2D eigenvalue weighted by atomic mass is 10.3. The summed E-state index contributed by atoms with van der Waals surface area (Å²) in [6, 6.07) is 12.2. The number of nitrogens with one attached hydrogen (secondary N) is 1. The molecule has 0 spiro atoms. The van der Waals surface area contributed by atoms with Crippen molar-refractivity contribution in [1.82, 2.24) is 4.90 Å². The number of rotatable bonds is 7. The number of hydrogen-bond donors (Lipinski definition) is 1. The van der Waals surface area contributed by atoms with Crippen LogP contribution in [0.4, 0.5) is 5.69 Å². The highest BCUT2D eigenvalue weighted by Gasteiger charge is 2.15. The third-order valence-corrected chi connectivity index (χ3v) is 5.39. The largest absolute Gasteiger partial charge is 0.497 e. The number of hydrogen-bond acceptors (Lipinski definition) is 4. The lowest BCUT2D eigenvalue weighted by Crippen LogP contribution is -2.35. The molecule has 2 aromatic rings. The number of carbonyl (C=O) groups excluding carboxylic acids is 2. The van der Waals surface area contributed by atoms with Crippen LogP contribution in [0.3, 0.4) is 0 Å². The summed E-state index contributed by atoms with van der Waals surface area (Å²) in [5.74, 6) is 0.272. The van der Waals surface area contributed by atoms with Crippen LogP contribution >= 0.6 is 35.0 Å². The number of methoxy groups -OCH3 is 1. The van der Waals surface area contributed by atoms with Gasteiger partial charge in [0.05, 0.1) is 29.5 Å². The van der Waals surface area contributed by atoms with Gasteiger partial charge in [-0.3, -0.25) is 9.59 Å². The van der Waals surface area contributed by atoms with Gasteiger partial charge in [-0.15, -0.1) is 11.8 Å². The second kappa shape index (κ2) is 9.71. The van der Waals surface area contributed by atoms with Crippen molar-refractivity contribution < 1.29 is 14.3 Å². The zero-order valence-corrected chi connectivity index (χ0v) is 16.6. The van der Waals surface area contributed by atoms with Gasteiger partial charge in [-0.05, 0) is 24.3 Å². The molecule has 5 nitrogen and oxygen atoms in total. The lowest BCUT2D eigenvalue weighted by Gasteiger charge is -2.17. The fourth-order valence-electron chi connectivity index (χ4n) is 2.07. The minimum Gasteiger partial charge on any atom is -0.497 e. The second-order valence-electron chi connectivity index (χ2n) is 5.37. The van der Waals surface area contributed by atoms with E-state index in [4.69, 9.17) is 27.9 Å². The molecule has 2 rings (SSSR count). The molecule has 0 aromatic heterocycles. The number of ether oxygens (including phenoxy) is 1. The molecule has 0 saturated carbocycles. The van der Waals surface area contributed by atoms with Gasteiger partial charge >= 0.3 is 0 Å². The number of benzene rings is 2. The summed E-state index contributed by atoms with van der Waals surface area (Å²) in [4.78, 5) is 26.4. The highest BCUT2D eigenvalue weighted by atomic mass is 35.5. The predicted molar refractivity (Wildman–Crippen MR) is 106 cm³/mol. The van der Waals surface area contributed by atoms with Crippen molar-refractivity contribution >= 4 is 52.5 Å². The molecule has 0 fully saturated rings. The number of carbonyl (C=O) groups is 2. The van der Waals surface area contributed by atoms with E-state index < -0.39 is 0 Å². The molecule has 26 heavy (non-hydrogen) atoms. The fraction of sp³-hybridized carbons (Fsp3) is 0.222. The van der Waals surface area contributed by atoms with E-state index in [0.29, 0.717) is 26.4 Å². The van der Waals surface area contributed by atoms with Crippen molar-refractivity contribution in [2.24, 2.45) is 0 Å². The number of amides is 2. The van der Waals surface area contributed by atoms with Crippen molar-refractivity contribution in [3.63, 3.8) is 0 Å². The summed E-state index contributed by atoms with van der Waals surface area (Å²) < 4.78 is 5.11. The van der Waals surface area contributed by atoms with Crippen LogP contribution in [-0.4, -0.2) is 43.2 Å². The summed E-state index contributed by atoms with van der Waals surface area (Å²) >= 11 is 13.4. The number of halogens is 2. The van der Waals surface area contributed by atoms with Gasteiger partial charge in [0.2, 0.25) is 11.8 Å². The first-order chi connectivity index (χ1) is 12.4. The van der Waals surface area contributed by atoms with Gasteiger partial charge in [-0.1, -0.05) is 35.3 Å². The molecular formula is C18H18Cl2N2O3S. The maximum absolute atomic E-state index is 12.2. The Morgan fingerprint density at radius 2 is 1.81 bits per heavy atom. The van der Waals surface area contributed by atoms with Crippen LogP contribution < -0.4 is 10.1 Å². The normalized spacial score (nSPS) is 10.3. The summed E-state index contributed by atoms with van der Waals surface area (Å²) in [7, 11) is 3.12. The number of nitrogens with zero attached hydrogens (tertiary/aromatic N) is 1. The van der Waals surface area contributed by atoms with Gasteiger partial charge in [0, 0.05) is 23.7 Å². The minimum atomic E-state index is -0.296. The second-order valence-corrected chi connectivity index (χ2v) is 7.17. The maximum Gasteiger partial charge on any atom is 0.243 e. The van der Waals surface area contributed by atoms with E-state index in [2.05, 4.69) is 5.32 Å². The van der Waals surface area contributed by atoms with Crippen LogP contribution in [0.15, 0.2) is 47.4 Å². The van der Waals surface area contributed by atoms with Gasteiger partial charge < -0.3 is 15.0 Å². The van der Waals surface area contributed by atoms with Crippen molar-refractivity contribution in [3.8, 4) is 5.75 Å². The first-order valence-electron chi connectivity index (χ1n) is 7.65. The molecule has 0 bridgehead atoms. The predicted octanol–water partition coefficient (Wildman–Crippen LogP) is 4.19. The Morgan fingerprint density at radius 3 is 2.46 bits per heavy atom. The fourth-order valence-corrected chi connectivity index (χ4v) is 3.69. The number of likely N-dealkylation sites (N-methyl/N-ethyl adjacent to an activating group) is 1. The zero-order chi connectivity index (χ0) is 19.1. The smallest absolute Gasteiger partial charge is 0.243 e. The van der Waals surface area contributed by atoms with E-state index in [0.717, 1.165) is 0 Å². The molecule has 2 amide bonds. The molecule has 1 N–H and O–H groups in total. The molecule has 2 aromatic carbocycles. The van der Waals surface area contributed by atoms with Crippen LogP contribution in [0, 0.1) is 0 Å². The minimum absolute atomic E-state index is 0.0626. The third kappa shape index (κ3) is 5.83. The van der Waals surface area contributed by atoms with Gasteiger partial charge in [-0.25, -0.2) is 0 Å². The lowest BCUT2D eigenvalue weighted by molar-refractivity contribution is -0.131. The Hall–Kier alpha value is -1.89. The van der Waals surface area contributed by atoms with Gasteiger partial charge in [0.25, 0.3) is 0 Å². The molecule has 8 heteroatoms. The van der Waals surface area contributed by atoms with Gasteiger partial charge in [0.1, 0.15) is 5.75 Å². The average molecular weight is 413 g/mol. The summed E-state index contributed by atoms with van der Waals surface area (Å²) in [5.41, 5.74) is 0.604. The first kappa shape index (κ1) is 20.4. The third-order valence-electron chi connectivity index (χ3n) is 3.42. The molecule has 0 heterocycles. The molecule has 0 aliphatic heterocycles. The first-order valence-corrected chi connectivity index (χ1v) is 9.39. The molecule has 0 radical (unpaired) electrons. The molecule has 0 saturated heterocycles. The van der Waals surface area contributed by atoms with Crippen molar-refractivity contribution in [1.29, 1.82) is 0 Å². The molecule has 0 unspecified atom stereocenters. The Balaban J connectivity index is 1.87. The summed E-state index contributed by atoms with van der Waals surface area (Å²) in [6.45, 7) is -0.0626. The highest BCUT2D eigenvalue weighted by molar-refractivity contribution is 8.00. The van der Waals surface area contributed by atoms with E-state index in [9.17, 15) is 9.59 Å². The van der Waals surface area contributed by atoms with Crippen LogP contribution in [-0.2, 0) is 9.59 Å². The van der Waals surface area contributed by atoms with Crippen molar-refractivity contribution in [2.75, 3.05) is 31.8 Å². The summed E-state index contributed by atoms with van der Waals surface area (Å²) in [6.07, 6.45) is 0. The van der Waals surface area contributed by atoms with E-state index in [1.54, 1.807) is 56.6 Å². The standard InChI is InChI=1S/C18H18Cl2N2O3S/c1-22(10-16(23)21-12-5-3-6-13(9-12)25-2)17(24)11-26-18-14(19)7-4-8-15(18)20/h3-9H,10-11H2,1-2H3,(H,21,23). The average Bonchev–Trinajstić information content (AvgIpc) is 2.61.